The number of carbonyl (C=O) groups excluding carboxylic acids is 2. The SMILES string of the molecule is CCNC(=O)NC(=O)C(C)Oc1cccc(F)c1C(=O)O. The minimum atomic E-state index is -1.51. The lowest BCUT2D eigenvalue weighted by atomic mass is 10.2. The number of carbonyl (C=O) groups is 3. The van der Waals surface area contributed by atoms with Gasteiger partial charge in [0.25, 0.3) is 5.91 Å². The maximum Gasteiger partial charge on any atom is 0.342 e. The van der Waals surface area contributed by atoms with Crippen molar-refractivity contribution in [2.75, 3.05) is 6.54 Å². The first kappa shape index (κ1) is 16.4. The number of urea groups is 1. The third kappa shape index (κ3) is 4.44. The van der Waals surface area contributed by atoms with E-state index in [4.69, 9.17) is 9.84 Å². The molecule has 3 N–H and O–H groups in total. The van der Waals surface area contributed by atoms with Crippen molar-refractivity contribution in [1.29, 1.82) is 0 Å². The third-order valence-electron chi connectivity index (χ3n) is 2.44. The topological polar surface area (TPSA) is 105 Å². The zero-order valence-electron chi connectivity index (χ0n) is 11.5. The van der Waals surface area contributed by atoms with Gasteiger partial charge in [-0.15, -0.1) is 0 Å². The van der Waals surface area contributed by atoms with Gasteiger partial charge in [-0.1, -0.05) is 6.07 Å². The molecule has 8 heteroatoms. The Bertz CT molecular complexity index is 561. The Morgan fingerprint density at radius 1 is 1.38 bits per heavy atom. The maximum absolute atomic E-state index is 13.4. The summed E-state index contributed by atoms with van der Waals surface area (Å²) in [5, 5.41) is 13.3. The second kappa shape index (κ2) is 7.22. The van der Waals surface area contributed by atoms with E-state index in [0.717, 1.165) is 6.07 Å². The molecule has 3 amide bonds. The number of hydrogen-bond donors (Lipinski definition) is 3. The van der Waals surface area contributed by atoms with Crippen LogP contribution in [0.5, 0.6) is 5.75 Å². The van der Waals surface area contributed by atoms with Crippen LogP contribution in [-0.4, -0.2) is 35.7 Å². The molecule has 0 aromatic heterocycles. The molecule has 0 aliphatic heterocycles. The van der Waals surface area contributed by atoms with Crippen LogP contribution in [0.25, 0.3) is 0 Å². The van der Waals surface area contributed by atoms with Gasteiger partial charge in [0.2, 0.25) is 0 Å². The highest BCUT2D eigenvalue weighted by atomic mass is 19.1. The number of carboxylic acid groups (broad SMARTS) is 1. The molecule has 1 aromatic carbocycles. The maximum atomic E-state index is 13.4. The van der Waals surface area contributed by atoms with Crippen LogP contribution in [0.15, 0.2) is 18.2 Å². The fraction of sp³-hybridized carbons (Fsp3) is 0.308. The highest BCUT2D eigenvalue weighted by molar-refractivity contribution is 5.96. The Hall–Kier alpha value is -2.64. The van der Waals surface area contributed by atoms with Gasteiger partial charge in [0.1, 0.15) is 17.1 Å². The summed E-state index contributed by atoms with van der Waals surface area (Å²) in [5.41, 5.74) is -0.671. The molecular formula is C13H15FN2O5. The molecule has 1 rings (SSSR count). The van der Waals surface area contributed by atoms with Gasteiger partial charge in [-0.05, 0) is 26.0 Å². The average Bonchev–Trinajstić information content (AvgIpc) is 2.38. The Labute approximate surface area is 120 Å². The lowest BCUT2D eigenvalue weighted by molar-refractivity contribution is -0.126. The van der Waals surface area contributed by atoms with Crippen LogP contribution in [0, 0.1) is 5.82 Å². The molecule has 0 radical (unpaired) electrons. The van der Waals surface area contributed by atoms with Crippen LogP contribution in [0.1, 0.15) is 24.2 Å². The van der Waals surface area contributed by atoms with Crippen LogP contribution >= 0.6 is 0 Å². The first-order chi connectivity index (χ1) is 9.86. The van der Waals surface area contributed by atoms with E-state index in [1.54, 1.807) is 6.92 Å². The van der Waals surface area contributed by atoms with E-state index in [1.807, 2.05) is 5.32 Å². The molecule has 1 atom stereocenters. The predicted octanol–water partition coefficient (Wildman–Crippen LogP) is 1.14. The summed E-state index contributed by atoms with van der Waals surface area (Å²) in [6.45, 7) is 3.32. The monoisotopic (exact) mass is 298 g/mol. The Balaban J connectivity index is 2.82. The number of amides is 3. The van der Waals surface area contributed by atoms with Crippen molar-refractivity contribution >= 4 is 17.9 Å². The number of halogens is 1. The first-order valence-electron chi connectivity index (χ1n) is 6.14. The molecule has 0 aliphatic rings. The molecule has 0 bridgehead atoms. The second-order valence-corrected chi connectivity index (χ2v) is 4.03. The second-order valence-electron chi connectivity index (χ2n) is 4.03. The molecule has 0 spiro atoms. The van der Waals surface area contributed by atoms with E-state index in [1.165, 1.54) is 19.1 Å². The zero-order valence-corrected chi connectivity index (χ0v) is 11.5. The number of aromatic carboxylic acids is 1. The minimum Gasteiger partial charge on any atom is -0.480 e. The van der Waals surface area contributed by atoms with Gasteiger partial charge in [0.15, 0.2) is 6.10 Å². The number of ether oxygens (including phenoxy) is 1. The molecule has 1 aromatic rings. The summed E-state index contributed by atoms with van der Waals surface area (Å²) >= 11 is 0. The van der Waals surface area contributed by atoms with Crippen molar-refractivity contribution in [2.24, 2.45) is 0 Å². The number of nitrogens with one attached hydrogen (secondary N) is 2. The quantitative estimate of drug-likeness (QED) is 0.756. The largest absolute Gasteiger partial charge is 0.480 e. The van der Waals surface area contributed by atoms with Gasteiger partial charge in [-0.2, -0.15) is 0 Å². The van der Waals surface area contributed by atoms with Crippen molar-refractivity contribution in [2.45, 2.75) is 20.0 Å². The number of hydrogen-bond acceptors (Lipinski definition) is 4. The third-order valence-corrected chi connectivity index (χ3v) is 2.44. The number of benzene rings is 1. The molecule has 0 aliphatic carbocycles. The van der Waals surface area contributed by atoms with E-state index in [9.17, 15) is 18.8 Å². The van der Waals surface area contributed by atoms with E-state index in [2.05, 4.69) is 5.32 Å². The molecule has 0 heterocycles. The smallest absolute Gasteiger partial charge is 0.342 e. The molecule has 7 nitrogen and oxygen atoms in total. The van der Waals surface area contributed by atoms with Crippen LogP contribution in [0.2, 0.25) is 0 Å². The number of imide groups is 1. The highest BCUT2D eigenvalue weighted by Crippen LogP contribution is 2.22. The zero-order chi connectivity index (χ0) is 16.0. The van der Waals surface area contributed by atoms with Gasteiger partial charge in [-0.25, -0.2) is 14.0 Å². The number of carboxylic acids is 1. The van der Waals surface area contributed by atoms with Gasteiger partial charge in [0.05, 0.1) is 0 Å². The van der Waals surface area contributed by atoms with Crippen LogP contribution < -0.4 is 15.4 Å². The van der Waals surface area contributed by atoms with Gasteiger partial charge in [-0.3, -0.25) is 10.1 Å². The molecule has 0 fully saturated rings. The van der Waals surface area contributed by atoms with Crippen molar-refractivity contribution < 1.29 is 28.6 Å². The summed E-state index contributed by atoms with van der Waals surface area (Å²) < 4.78 is 18.6. The van der Waals surface area contributed by atoms with E-state index < -0.39 is 35.4 Å². The van der Waals surface area contributed by atoms with E-state index in [0.29, 0.717) is 6.54 Å². The molecular weight excluding hydrogens is 283 g/mol. The lowest BCUT2D eigenvalue weighted by Gasteiger charge is -2.16. The molecule has 114 valence electrons. The van der Waals surface area contributed by atoms with E-state index >= 15 is 0 Å². The fourth-order valence-corrected chi connectivity index (χ4v) is 1.47. The Morgan fingerprint density at radius 3 is 2.62 bits per heavy atom. The van der Waals surface area contributed by atoms with Crippen LogP contribution in [0.3, 0.4) is 0 Å². The lowest BCUT2D eigenvalue weighted by Crippen LogP contribution is -2.45. The molecule has 21 heavy (non-hydrogen) atoms. The van der Waals surface area contributed by atoms with Crippen LogP contribution in [-0.2, 0) is 4.79 Å². The standard InChI is InChI=1S/C13H15FN2O5/c1-3-15-13(20)16-11(17)7(2)21-9-6-4-5-8(14)10(9)12(18)19/h4-7H,3H2,1-2H3,(H,18,19)(H2,15,16,17,20). The minimum absolute atomic E-state index is 0.291. The first-order valence-corrected chi connectivity index (χ1v) is 6.14. The van der Waals surface area contributed by atoms with Gasteiger partial charge in [0, 0.05) is 6.54 Å². The van der Waals surface area contributed by atoms with Crippen LogP contribution in [0.4, 0.5) is 9.18 Å². The highest BCUT2D eigenvalue weighted by Gasteiger charge is 2.22. The predicted molar refractivity (Wildman–Crippen MR) is 70.7 cm³/mol. The van der Waals surface area contributed by atoms with Crippen molar-refractivity contribution in [3.63, 3.8) is 0 Å². The molecule has 1 unspecified atom stereocenters. The molecule has 0 saturated heterocycles. The van der Waals surface area contributed by atoms with Gasteiger partial charge < -0.3 is 15.2 Å². The van der Waals surface area contributed by atoms with Crippen molar-refractivity contribution in [1.82, 2.24) is 10.6 Å². The fourth-order valence-electron chi connectivity index (χ4n) is 1.47. The summed E-state index contributed by atoms with van der Waals surface area (Å²) in [7, 11) is 0. The summed E-state index contributed by atoms with van der Waals surface area (Å²) in [5.74, 6) is -3.56. The normalized spacial score (nSPS) is 11.4. The van der Waals surface area contributed by atoms with Crippen molar-refractivity contribution in [3.05, 3.63) is 29.6 Å². The van der Waals surface area contributed by atoms with Gasteiger partial charge >= 0.3 is 12.0 Å². The summed E-state index contributed by atoms with van der Waals surface area (Å²) in [6, 6.07) is 2.75. The summed E-state index contributed by atoms with van der Waals surface area (Å²) in [6.07, 6.45) is -1.17. The number of rotatable bonds is 5. The Kier molecular flexibility index (Phi) is 5.65. The Morgan fingerprint density at radius 2 is 2.05 bits per heavy atom. The summed E-state index contributed by atoms with van der Waals surface area (Å²) in [4.78, 5) is 33.8. The van der Waals surface area contributed by atoms with Crippen molar-refractivity contribution in [3.8, 4) is 5.75 Å². The average molecular weight is 298 g/mol. The molecule has 0 saturated carbocycles. The van der Waals surface area contributed by atoms with E-state index in [-0.39, 0.29) is 5.75 Å².